The number of hydrogen-bond acceptors (Lipinski definition) is 3. The van der Waals surface area contributed by atoms with Crippen LogP contribution in [0.1, 0.15) is 18.5 Å². The lowest BCUT2D eigenvalue weighted by Gasteiger charge is -2.31. The van der Waals surface area contributed by atoms with Gasteiger partial charge in [0.1, 0.15) is 4.90 Å². The normalized spacial score (nSPS) is 17.2. The van der Waals surface area contributed by atoms with Crippen molar-refractivity contribution in [2.75, 3.05) is 32.7 Å². The Kier molecular flexibility index (Phi) is 6.72. The van der Waals surface area contributed by atoms with E-state index in [1.165, 1.54) is 10.4 Å². The van der Waals surface area contributed by atoms with Crippen molar-refractivity contribution in [3.8, 4) is 0 Å². The van der Waals surface area contributed by atoms with E-state index in [4.69, 9.17) is 11.6 Å². The zero-order valence-corrected chi connectivity index (χ0v) is 17.3. The number of amides is 1. The van der Waals surface area contributed by atoms with Crippen LogP contribution < -0.4 is 10.2 Å². The molecule has 8 heteroatoms. The number of piperazine rings is 1. The van der Waals surface area contributed by atoms with Gasteiger partial charge in [0.15, 0.2) is 6.54 Å². The number of benzene rings is 2. The van der Waals surface area contributed by atoms with E-state index >= 15 is 0 Å². The van der Waals surface area contributed by atoms with Crippen molar-refractivity contribution < 1.29 is 18.1 Å². The highest BCUT2D eigenvalue weighted by Gasteiger charge is 2.32. The summed E-state index contributed by atoms with van der Waals surface area (Å²) < 4.78 is 27.0. The van der Waals surface area contributed by atoms with Crippen LogP contribution in [-0.2, 0) is 14.8 Å². The molecule has 2 N–H and O–H groups in total. The van der Waals surface area contributed by atoms with E-state index in [0.29, 0.717) is 32.7 Å². The topological polar surface area (TPSA) is 70.9 Å². The van der Waals surface area contributed by atoms with Gasteiger partial charge in [0.25, 0.3) is 5.91 Å². The van der Waals surface area contributed by atoms with Crippen molar-refractivity contribution in [1.82, 2.24) is 9.62 Å². The third-order valence-electron chi connectivity index (χ3n) is 4.97. The molecule has 1 saturated heterocycles. The SMILES string of the molecule is C[C@@H](NC(=O)C[NH+]1CCN(S(=O)(=O)c2ccccc2Cl)CC1)c1ccccc1. The maximum absolute atomic E-state index is 12.8. The third-order valence-corrected chi connectivity index (χ3v) is 7.37. The van der Waals surface area contributed by atoms with Crippen LogP contribution in [0.15, 0.2) is 59.5 Å². The standard InChI is InChI=1S/C20H24ClN3O3S/c1-16(17-7-3-2-4-8-17)22-20(25)15-23-11-13-24(14-12-23)28(26,27)19-10-6-5-9-18(19)21/h2-10,16H,11-15H2,1H3,(H,22,25)/p+1/t16-/m1/s1. The van der Waals surface area contributed by atoms with Crippen molar-refractivity contribution in [2.45, 2.75) is 17.9 Å². The predicted octanol–water partition coefficient (Wildman–Crippen LogP) is 1.11. The van der Waals surface area contributed by atoms with Crippen LogP contribution in [0.5, 0.6) is 0 Å². The minimum Gasteiger partial charge on any atom is -0.345 e. The van der Waals surface area contributed by atoms with Gasteiger partial charge >= 0.3 is 0 Å². The summed E-state index contributed by atoms with van der Waals surface area (Å²) in [5, 5.41) is 3.24. The Morgan fingerprint density at radius 3 is 2.36 bits per heavy atom. The smallest absolute Gasteiger partial charge is 0.275 e. The number of carbonyl (C=O) groups is 1. The van der Waals surface area contributed by atoms with Crippen molar-refractivity contribution in [3.63, 3.8) is 0 Å². The minimum absolute atomic E-state index is 0.0336. The minimum atomic E-state index is -3.61. The lowest BCUT2D eigenvalue weighted by atomic mass is 10.1. The van der Waals surface area contributed by atoms with Gasteiger partial charge in [-0.05, 0) is 24.6 Å². The molecule has 0 saturated carbocycles. The van der Waals surface area contributed by atoms with Crippen LogP contribution in [0.3, 0.4) is 0 Å². The van der Waals surface area contributed by atoms with Crippen LogP contribution >= 0.6 is 11.6 Å². The molecule has 2 aromatic carbocycles. The average Bonchev–Trinajstić information content (AvgIpc) is 2.69. The van der Waals surface area contributed by atoms with Gasteiger partial charge in [0.2, 0.25) is 10.0 Å². The third kappa shape index (κ3) is 4.91. The zero-order chi connectivity index (χ0) is 20.1. The Bertz CT molecular complexity index is 913. The number of nitrogens with zero attached hydrogens (tertiary/aromatic N) is 1. The molecule has 1 fully saturated rings. The molecule has 0 aliphatic carbocycles. The zero-order valence-electron chi connectivity index (χ0n) is 15.8. The molecule has 1 atom stereocenters. The summed E-state index contributed by atoms with van der Waals surface area (Å²) in [7, 11) is -3.61. The Morgan fingerprint density at radius 1 is 1.11 bits per heavy atom. The number of hydrogen-bond donors (Lipinski definition) is 2. The number of sulfonamides is 1. The molecular weight excluding hydrogens is 398 g/mol. The van der Waals surface area contributed by atoms with Crippen molar-refractivity contribution in [2.24, 2.45) is 0 Å². The monoisotopic (exact) mass is 422 g/mol. The van der Waals surface area contributed by atoms with Crippen LogP contribution in [0.2, 0.25) is 5.02 Å². The molecule has 150 valence electrons. The van der Waals surface area contributed by atoms with Crippen LogP contribution in [0, 0.1) is 0 Å². The van der Waals surface area contributed by atoms with Crippen LogP contribution in [0.4, 0.5) is 0 Å². The lowest BCUT2D eigenvalue weighted by Crippen LogP contribution is -3.15. The van der Waals surface area contributed by atoms with Gasteiger partial charge < -0.3 is 10.2 Å². The molecule has 0 spiro atoms. The Labute approximate surface area is 171 Å². The maximum atomic E-state index is 12.8. The molecule has 0 radical (unpaired) electrons. The van der Waals surface area contributed by atoms with E-state index in [1.807, 2.05) is 37.3 Å². The number of quaternary nitrogens is 1. The van der Waals surface area contributed by atoms with Crippen molar-refractivity contribution in [3.05, 3.63) is 65.2 Å². The van der Waals surface area contributed by atoms with E-state index in [0.717, 1.165) is 10.5 Å². The summed E-state index contributed by atoms with van der Waals surface area (Å²) in [6, 6.07) is 16.2. The highest BCUT2D eigenvalue weighted by Crippen LogP contribution is 2.24. The highest BCUT2D eigenvalue weighted by molar-refractivity contribution is 7.89. The molecule has 1 aliphatic rings. The predicted molar refractivity (Wildman–Crippen MR) is 109 cm³/mol. The number of nitrogens with one attached hydrogen (secondary N) is 2. The summed E-state index contributed by atoms with van der Waals surface area (Å²) >= 11 is 6.06. The van der Waals surface area contributed by atoms with Gasteiger partial charge in [-0.15, -0.1) is 0 Å². The van der Waals surface area contributed by atoms with E-state index in [9.17, 15) is 13.2 Å². The first-order chi connectivity index (χ1) is 13.4. The van der Waals surface area contributed by atoms with Crippen molar-refractivity contribution in [1.29, 1.82) is 0 Å². The van der Waals surface area contributed by atoms with Gasteiger partial charge in [0.05, 0.1) is 37.2 Å². The molecule has 0 unspecified atom stereocenters. The maximum Gasteiger partial charge on any atom is 0.275 e. The molecule has 3 rings (SSSR count). The van der Waals surface area contributed by atoms with Gasteiger partial charge in [-0.25, -0.2) is 8.42 Å². The molecule has 0 bridgehead atoms. The average molecular weight is 423 g/mol. The van der Waals surface area contributed by atoms with Crippen LogP contribution in [-0.4, -0.2) is 51.4 Å². The molecule has 6 nitrogen and oxygen atoms in total. The lowest BCUT2D eigenvalue weighted by molar-refractivity contribution is -0.895. The fourth-order valence-electron chi connectivity index (χ4n) is 3.36. The van der Waals surface area contributed by atoms with E-state index < -0.39 is 10.0 Å². The van der Waals surface area contributed by atoms with Gasteiger partial charge in [-0.2, -0.15) is 4.31 Å². The molecule has 1 aliphatic heterocycles. The molecule has 1 heterocycles. The quantitative estimate of drug-likeness (QED) is 0.732. The summed E-state index contributed by atoms with van der Waals surface area (Å²) in [5.74, 6) is -0.0336. The van der Waals surface area contributed by atoms with Crippen molar-refractivity contribution >= 4 is 27.5 Å². The fraction of sp³-hybridized carbons (Fsp3) is 0.350. The van der Waals surface area contributed by atoms with E-state index in [1.54, 1.807) is 18.2 Å². The van der Waals surface area contributed by atoms with E-state index in [-0.39, 0.29) is 21.9 Å². The summed E-state index contributed by atoms with van der Waals surface area (Å²) in [6.07, 6.45) is 0. The second kappa shape index (κ2) is 9.05. The van der Waals surface area contributed by atoms with E-state index in [2.05, 4.69) is 5.32 Å². The van der Waals surface area contributed by atoms with Gasteiger partial charge in [-0.3, -0.25) is 4.79 Å². The summed E-state index contributed by atoms with van der Waals surface area (Å²) in [4.78, 5) is 13.6. The van der Waals surface area contributed by atoms with Gasteiger partial charge in [0, 0.05) is 0 Å². The largest absolute Gasteiger partial charge is 0.345 e. The molecule has 28 heavy (non-hydrogen) atoms. The number of halogens is 1. The molecule has 0 aromatic heterocycles. The Hall–Kier alpha value is -1.93. The fourth-order valence-corrected chi connectivity index (χ4v) is 5.29. The summed E-state index contributed by atoms with van der Waals surface area (Å²) in [5.41, 5.74) is 1.06. The molecule has 1 amide bonds. The Morgan fingerprint density at radius 2 is 1.71 bits per heavy atom. The second-order valence-electron chi connectivity index (χ2n) is 6.96. The second-order valence-corrected chi connectivity index (χ2v) is 9.27. The summed E-state index contributed by atoms with van der Waals surface area (Å²) in [6.45, 7) is 4.18. The molecule has 2 aromatic rings. The highest BCUT2D eigenvalue weighted by atomic mass is 35.5. The first kappa shape index (κ1) is 20.8. The van der Waals surface area contributed by atoms with Crippen LogP contribution in [0.25, 0.3) is 0 Å². The first-order valence-corrected chi connectivity index (χ1v) is 11.1. The number of rotatable bonds is 6. The van der Waals surface area contributed by atoms with Gasteiger partial charge in [-0.1, -0.05) is 54.1 Å². The Balaban J connectivity index is 1.53. The molecular formula is C20H25ClN3O3S+. The number of carbonyl (C=O) groups excluding carboxylic acids is 1. The first-order valence-electron chi connectivity index (χ1n) is 9.30.